The number of nitrogens with one attached hydrogen (secondary N) is 2. The fourth-order valence-corrected chi connectivity index (χ4v) is 4.87. The molecule has 0 bridgehead atoms. The Morgan fingerprint density at radius 1 is 1.22 bits per heavy atom. The lowest BCUT2D eigenvalue weighted by Crippen LogP contribution is -2.45. The summed E-state index contributed by atoms with van der Waals surface area (Å²) in [6.07, 6.45) is -0.181. The Morgan fingerprint density at radius 3 is 2.53 bits per heavy atom. The van der Waals surface area contributed by atoms with E-state index in [1.165, 1.54) is 4.90 Å². The molecule has 0 spiro atoms. The van der Waals surface area contributed by atoms with Crippen molar-refractivity contribution in [3.63, 3.8) is 0 Å². The molecule has 3 N–H and O–H groups in total. The maximum atomic E-state index is 13.2. The number of carbonyl (C=O) groups excluding carboxylic acids is 2. The average Bonchev–Trinajstić information content (AvgIpc) is 3.15. The third-order valence-corrected chi connectivity index (χ3v) is 7.90. The number of benzene rings is 1. The van der Waals surface area contributed by atoms with E-state index in [0.717, 1.165) is 6.04 Å². The Morgan fingerprint density at radius 2 is 1.92 bits per heavy atom. The summed E-state index contributed by atoms with van der Waals surface area (Å²) in [6, 6.07) is 2.94. The monoisotopic (exact) mass is 563 g/mol. The van der Waals surface area contributed by atoms with Crippen molar-refractivity contribution in [2.45, 2.75) is 70.6 Å². The minimum Gasteiger partial charge on any atom is -0.467 e. The van der Waals surface area contributed by atoms with Crippen molar-refractivity contribution >= 4 is 43.4 Å². The zero-order valence-electron chi connectivity index (χ0n) is 22.0. The second-order valence-electron chi connectivity index (χ2n) is 11.0. The van der Waals surface area contributed by atoms with Crippen molar-refractivity contribution in [2.75, 3.05) is 33.1 Å². The lowest BCUT2D eigenvalue weighted by Gasteiger charge is -2.30. The number of aliphatic hydroxyl groups excluding tert-OH is 1. The zero-order valence-corrected chi connectivity index (χ0v) is 24.5. The van der Waals surface area contributed by atoms with Gasteiger partial charge in [-0.1, -0.05) is 42.8 Å². The summed E-state index contributed by atoms with van der Waals surface area (Å²) in [6.45, 7) is 12.9. The van der Waals surface area contributed by atoms with Crippen LogP contribution in [-0.4, -0.2) is 74.9 Å². The third kappa shape index (κ3) is 9.62. The van der Waals surface area contributed by atoms with Crippen LogP contribution in [0.3, 0.4) is 0 Å². The fraction of sp³-hybridized carbons (Fsp3) is 0.667. The SMILES string of the molecule is CC(C)(C)OC(=O)N1CC(NC(=O)NCCO)C[C@@H]1c1c(OCOCC[Si](C)(C)C)ccc(Cl)c1Cl. The summed E-state index contributed by atoms with van der Waals surface area (Å²) in [4.78, 5) is 26.9. The molecule has 0 aromatic heterocycles. The molecule has 12 heteroatoms. The van der Waals surface area contributed by atoms with Gasteiger partial charge in [0, 0.05) is 33.3 Å². The van der Waals surface area contributed by atoms with Crippen LogP contribution in [0.1, 0.15) is 38.8 Å². The van der Waals surface area contributed by atoms with E-state index in [9.17, 15) is 9.59 Å². The Labute approximate surface area is 224 Å². The second-order valence-corrected chi connectivity index (χ2v) is 17.4. The highest BCUT2D eigenvalue weighted by Gasteiger charge is 2.41. The topological polar surface area (TPSA) is 109 Å². The predicted octanol–water partition coefficient (Wildman–Crippen LogP) is 5.03. The summed E-state index contributed by atoms with van der Waals surface area (Å²) < 4.78 is 17.3. The van der Waals surface area contributed by atoms with Crippen LogP contribution in [0.15, 0.2) is 12.1 Å². The van der Waals surface area contributed by atoms with Crippen molar-refractivity contribution in [3.05, 3.63) is 27.7 Å². The standard InChI is InChI=1S/C24H39Cl2N3O6Si/c1-24(2,3)35-23(32)29-14-16(28-22(31)27-9-10-30)13-18(29)20-19(8-7-17(25)21(20)26)34-15-33-11-12-36(4,5)6/h7-8,16,18,30H,9-15H2,1-6H3,(H2,27,28,31)/t16?,18-/m1/s1. The fourth-order valence-electron chi connectivity index (χ4n) is 3.67. The van der Waals surface area contributed by atoms with Gasteiger partial charge in [0.05, 0.1) is 28.7 Å². The van der Waals surface area contributed by atoms with Crippen LogP contribution < -0.4 is 15.4 Å². The molecule has 36 heavy (non-hydrogen) atoms. The average molecular weight is 565 g/mol. The van der Waals surface area contributed by atoms with E-state index in [-0.39, 0.29) is 31.5 Å². The van der Waals surface area contributed by atoms with Gasteiger partial charge >= 0.3 is 12.1 Å². The van der Waals surface area contributed by atoms with E-state index < -0.39 is 37.9 Å². The number of ether oxygens (including phenoxy) is 3. The molecule has 204 valence electrons. The maximum absolute atomic E-state index is 13.2. The molecule has 1 fully saturated rings. The third-order valence-electron chi connectivity index (χ3n) is 5.38. The minimum absolute atomic E-state index is 0.0276. The number of hydrogen-bond donors (Lipinski definition) is 3. The van der Waals surface area contributed by atoms with Crippen LogP contribution in [0, 0.1) is 0 Å². The minimum atomic E-state index is -1.24. The molecule has 1 aliphatic rings. The normalized spacial score (nSPS) is 18.2. The van der Waals surface area contributed by atoms with Gasteiger partial charge in [0.2, 0.25) is 0 Å². The lowest BCUT2D eigenvalue weighted by molar-refractivity contribution is 0.0170. The predicted molar refractivity (Wildman–Crippen MR) is 144 cm³/mol. The summed E-state index contributed by atoms with van der Waals surface area (Å²) in [5.74, 6) is 0.446. The molecule has 1 aromatic carbocycles. The molecule has 3 amide bonds. The molecule has 2 atom stereocenters. The van der Waals surface area contributed by atoms with Gasteiger partial charge in [-0.3, -0.25) is 4.90 Å². The second kappa shape index (κ2) is 13.2. The van der Waals surface area contributed by atoms with Crippen molar-refractivity contribution < 1.29 is 28.9 Å². The summed E-state index contributed by atoms with van der Waals surface area (Å²) in [5, 5.41) is 14.9. The van der Waals surface area contributed by atoms with Gasteiger partial charge in [-0.05, 0) is 45.4 Å². The molecule has 0 saturated carbocycles. The summed E-state index contributed by atoms with van der Waals surface area (Å²) in [5.41, 5.74) is -0.184. The zero-order chi connectivity index (χ0) is 27.1. The highest BCUT2D eigenvalue weighted by atomic mass is 35.5. The van der Waals surface area contributed by atoms with Crippen LogP contribution >= 0.6 is 23.2 Å². The van der Waals surface area contributed by atoms with Crippen LogP contribution in [0.25, 0.3) is 0 Å². The van der Waals surface area contributed by atoms with Crippen molar-refractivity contribution in [2.24, 2.45) is 0 Å². The number of carbonyl (C=O) groups is 2. The molecular weight excluding hydrogens is 525 g/mol. The van der Waals surface area contributed by atoms with Gasteiger partial charge < -0.3 is 30.0 Å². The van der Waals surface area contributed by atoms with Crippen molar-refractivity contribution in [1.82, 2.24) is 15.5 Å². The quantitative estimate of drug-likeness (QED) is 0.209. The highest BCUT2D eigenvalue weighted by molar-refractivity contribution is 6.76. The Hall–Kier alpha value is -1.72. The first-order valence-corrected chi connectivity index (χ1v) is 16.5. The number of likely N-dealkylation sites (tertiary alicyclic amines) is 1. The van der Waals surface area contributed by atoms with Crippen molar-refractivity contribution in [3.8, 4) is 5.75 Å². The lowest BCUT2D eigenvalue weighted by atomic mass is 10.0. The Kier molecular flexibility index (Phi) is 11.2. The van der Waals surface area contributed by atoms with E-state index in [1.54, 1.807) is 32.9 Å². The smallest absolute Gasteiger partial charge is 0.410 e. The summed E-state index contributed by atoms with van der Waals surface area (Å²) in [7, 11) is -1.24. The van der Waals surface area contributed by atoms with Gasteiger partial charge in [-0.2, -0.15) is 0 Å². The number of hydrogen-bond acceptors (Lipinski definition) is 6. The largest absolute Gasteiger partial charge is 0.467 e. The van der Waals surface area contributed by atoms with Crippen LogP contribution in [0.5, 0.6) is 5.75 Å². The highest BCUT2D eigenvalue weighted by Crippen LogP contribution is 2.44. The van der Waals surface area contributed by atoms with Gasteiger partial charge in [-0.25, -0.2) is 9.59 Å². The van der Waals surface area contributed by atoms with Gasteiger partial charge in [0.1, 0.15) is 11.4 Å². The van der Waals surface area contributed by atoms with E-state index in [4.69, 9.17) is 42.5 Å². The Bertz CT molecular complexity index is 907. The molecule has 1 unspecified atom stereocenters. The van der Waals surface area contributed by atoms with Gasteiger partial charge in [-0.15, -0.1) is 0 Å². The van der Waals surface area contributed by atoms with Crippen LogP contribution in [0.2, 0.25) is 35.7 Å². The molecule has 0 radical (unpaired) electrons. The van der Waals surface area contributed by atoms with E-state index in [2.05, 4.69) is 30.3 Å². The molecule has 1 saturated heterocycles. The number of nitrogens with zero attached hydrogens (tertiary/aromatic N) is 1. The molecule has 1 aromatic rings. The van der Waals surface area contributed by atoms with E-state index in [0.29, 0.717) is 29.4 Å². The number of urea groups is 1. The van der Waals surface area contributed by atoms with E-state index >= 15 is 0 Å². The maximum Gasteiger partial charge on any atom is 0.410 e. The number of halogens is 2. The molecule has 2 rings (SSSR count). The number of rotatable bonds is 10. The van der Waals surface area contributed by atoms with Gasteiger partial charge in [0.15, 0.2) is 6.79 Å². The Balaban J connectivity index is 2.29. The first kappa shape index (κ1) is 30.5. The molecular formula is C24H39Cl2N3O6Si. The van der Waals surface area contributed by atoms with Crippen LogP contribution in [0.4, 0.5) is 9.59 Å². The molecule has 1 aliphatic heterocycles. The van der Waals surface area contributed by atoms with Crippen LogP contribution in [-0.2, 0) is 9.47 Å². The van der Waals surface area contributed by atoms with Gasteiger partial charge in [0.25, 0.3) is 0 Å². The first-order chi connectivity index (χ1) is 16.7. The van der Waals surface area contributed by atoms with Crippen molar-refractivity contribution in [1.29, 1.82) is 0 Å². The first-order valence-electron chi connectivity index (χ1n) is 12.0. The molecule has 0 aliphatic carbocycles. The molecule has 1 heterocycles. The number of amides is 3. The molecule has 9 nitrogen and oxygen atoms in total. The van der Waals surface area contributed by atoms with E-state index in [1.807, 2.05) is 0 Å². The summed E-state index contributed by atoms with van der Waals surface area (Å²) >= 11 is 13.0. The number of aliphatic hydroxyl groups is 1.